The fraction of sp³-hybridized carbons (Fsp3) is 0.304. The van der Waals surface area contributed by atoms with Gasteiger partial charge in [0, 0.05) is 36.6 Å². The summed E-state index contributed by atoms with van der Waals surface area (Å²) in [5, 5.41) is 7.28. The van der Waals surface area contributed by atoms with Gasteiger partial charge in [-0.1, -0.05) is 59.6 Å². The average Bonchev–Trinajstić information content (AvgIpc) is 3.21. The largest absolute Gasteiger partial charge is 0.353 e. The molecule has 7 heteroatoms. The highest BCUT2D eigenvalue weighted by molar-refractivity contribution is 7.13. The molecule has 0 spiro atoms. The number of nitrogens with zero attached hydrogens (tertiary/aromatic N) is 2. The van der Waals surface area contributed by atoms with E-state index in [4.69, 9.17) is 23.2 Å². The van der Waals surface area contributed by atoms with Gasteiger partial charge in [-0.3, -0.25) is 9.69 Å². The van der Waals surface area contributed by atoms with Crippen LogP contribution in [0.3, 0.4) is 0 Å². The number of carbonyl (C=O) groups excluding carboxylic acids is 1. The Labute approximate surface area is 190 Å². The standard InChI is InChI=1S/C23H23Cl2N3OS/c24-20-7-6-16(12-21(20)25)14-28-10-8-18(9-11-28)26-22(29)13-19-15-30-23(27-19)17-4-2-1-3-5-17/h1-7,12,15,18H,8-11,13-14H2,(H,26,29). The molecule has 1 aromatic heterocycles. The summed E-state index contributed by atoms with van der Waals surface area (Å²) in [6, 6.07) is 16.1. The van der Waals surface area contributed by atoms with Gasteiger partial charge in [-0.25, -0.2) is 4.98 Å². The van der Waals surface area contributed by atoms with Crippen molar-refractivity contribution in [1.29, 1.82) is 0 Å². The van der Waals surface area contributed by atoms with E-state index in [-0.39, 0.29) is 11.9 Å². The predicted molar refractivity (Wildman–Crippen MR) is 124 cm³/mol. The molecule has 4 rings (SSSR count). The number of piperidine rings is 1. The molecule has 0 radical (unpaired) electrons. The van der Waals surface area contributed by atoms with Gasteiger partial charge in [0.25, 0.3) is 0 Å². The third-order valence-corrected chi connectivity index (χ3v) is 6.94. The summed E-state index contributed by atoms with van der Waals surface area (Å²) in [6.07, 6.45) is 2.21. The smallest absolute Gasteiger partial charge is 0.226 e. The average molecular weight is 460 g/mol. The minimum absolute atomic E-state index is 0.0443. The molecule has 0 atom stereocenters. The number of hydrogen-bond donors (Lipinski definition) is 1. The second-order valence-corrected chi connectivity index (χ2v) is 9.23. The third-order valence-electron chi connectivity index (χ3n) is 5.26. The lowest BCUT2D eigenvalue weighted by Crippen LogP contribution is -2.44. The van der Waals surface area contributed by atoms with E-state index in [0.717, 1.165) is 54.3 Å². The van der Waals surface area contributed by atoms with Crippen molar-refractivity contribution in [2.24, 2.45) is 0 Å². The molecule has 3 aromatic rings. The van der Waals surface area contributed by atoms with E-state index < -0.39 is 0 Å². The Morgan fingerprint density at radius 3 is 2.60 bits per heavy atom. The predicted octanol–water partition coefficient (Wildman–Crippen LogP) is 5.44. The SMILES string of the molecule is O=C(Cc1csc(-c2ccccc2)n1)NC1CCN(Cc2ccc(Cl)c(Cl)c2)CC1. The van der Waals surface area contributed by atoms with E-state index in [1.54, 1.807) is 11.3 Å². The van der Waals surface area contributed by atoms with Gasteiger partial charge in [0.05, 0.1) is 22.2 Å². The summed E-state index contributed by atoms with van der Waals surface area (Å²) >= 11 is 13.7. The molecule has 30 heavy (non-hydrogen) atoms. The zero-order chi connectivity index (χ0) is 20.9. The van der Waals surface area contributed by atoms with Crippen LogP contribution in [0, 0.1) is 0 Å². The van der Waals surface area contributed by atoms with Crippen molar-refractivity contribution >= 4 is 40.4 Å². The number of halogens is 2. The van der Waals surface area contributed by atoms with Gasteiger partial charge in [0.2, 0.25) is 5.91 Å². The molecule has 1 fully saturated rings. The normalized spacial score (nSPS) is 15.3. The highest BCUT2D eigenvalue weighted by Gasteiger charge is 2.21. The zero-order valence-electron chi connectivity index (χ0n) is 16.5. The van der Waals surface area contributed by atoms with E-state index >= 15 is 0 Å². The summed E-state index contributed by atoms with van der Waals surface area (Å²) in [6.45, 7) is 2.73. The number of benzene rings is 2. The van der Waals surface area contributed by atoms with Crippen LogP contribution in [0.15, 0.2) is 53.9 Å². The van der Waals surface area contributed by atoms with Gasteiger partial charge in [-0.05, 0) is 30.5 Å². The van der Waals surface area contributed by atoms with Gasteiger partial charge < -0.3 is 5.32 Å². The molecule has 1 saturated heterocycles. The highest BCUT2D eigenvalue weighted by Crippen LogP contribution is 2.25. The number of carbonyl (C=O) groups is 1. The molecule has 2 heterocycles. The van der Waals surface area contributed by atoms with Gasteiger partial charge in [-0.2, -0.15) is 0 Å². The minimum Gasteiger partial charge on any atom is -0.353 e. The molecule has 0 aliphatic carbocycles. The van der Waals surface area contributed by atoms with Gasteiger partial charge in [0.15, 0.2) is 0 Å². The van der Waals surface area contributed by atoms with Crippen molar-refractivity contribution in [2.45, 2.75) is 31.8 Å². The van der Waals surface area contributed by atoms with E-state index in [9.17, 15) is 4.79 Å². The molecule has 0 bridgehead atoms. The fourth-order valence-electron chi connectivity index (χ4n) is 3.68. The number of thiazole rings is 1. The zero-order valence-corrected chi connectivity index (χ0v) is 18.8. The van der Waals surface area contributed by atoms with Crippen LogP contribution >= 0.6 is 34.5 Å². The van der Waals surface area contributed by atoms with Crippen molar-refractivity contribution < 1.29 is 4.79 Å². The molecule has 2 aromatic carbocycles. The van der Waals surface area contributed by atoms with Crippen LogP contribution in [0.1, 0.15) is 24.1 Å². The van der Waals surface area contributed by atoms with Crippen molar-refractivity contribution in [3.8, 4) is 10.6 Å². The van der Waals surface area contributed by atoms with Crippen LogP contribution in [0.25, 0.3) is 10.6 Å². The molecular weight excluding hydrogens is 437 g/mol. The molecule has 4 nitrogen and oxygen atoms in total. The van der Waals surface area contributed by atoms with E-state index in [1.807, 2.05) is 53.9 Å². The molecule has 1 amide bonds. The number of rotatable bonds is 6. The van der Waals surface area contributed by atoms with Crippen LogP contribution < -0.4 is 5.32 Å². The maximum atomic E-state index is 12.5. The van der Waals surface area contributed by atoms with Crippen LogP contribution in [0.2, 0.25) is 10.0 Å². The molecule has 1 aliphatic rings. The molecule has 1 N–H and O–H groups in total. The Balaban J connectivity index is 1.23. The van der Waals surface area contributed by atoms with Gasteiger partial charge in [0.1, 0.15) is 5.01 Å². The number of amides is 1. The number of nitrogens with one attached hydrogen (secondary N) is 1. The Hall–Kier alpha value is -1.92. The molecule has 156 valence electrons. The lowest BCUT2D eigenvalue weighted by Gasteiger charge is -2.32. The second-order valence-electron chi connectivity index (χ2n) is 7.55. The maximum absolute atomic E-state index is 12.5. The summed E-state index contributed by atoms with van der Waals surface area (Å²) in [4.78, 5) is 19.5. The molecule has 1 aliphatic heterocycles. The minimum atomic E-state index is 0.0443. The second kappa shape index (κ2) is 9.92. The molecule has 0 unspecified atom stereocenters. The Kier molecular flexibility index (Phi) is 7.05. The third kappa shape index (κ3) is 5.61. The van der Waals surface area contributed by atoms with E-state index in [2.05, 4.69) is 15.2 Å². The van der Waals surface area contributed by atoms with Crippen LogP contribution in [-0.2, 0) is 17.8 Å². The first-order valence-corrected chi connectivity index (χ1v) is 11.7. The molecular formula is C23H23Cl2N3OS. The summed E-state index contributed by atoms with van der Waals surface area (Å²) in [5.41, 5.74) is 3.07. The Bertz CT molecular complexity index is 1000. The fourth-order valence-corrected chi connectivity index (χ4v) is 4.82. The van der Waals surface area contributed by atoms with Gasteiger partial charge >= 0.3 is 0 Å². The summed E-state index contributed by atoms with van der Waals surface area (Å²) < 4.78 is 0. The first-order chi connectivity index (χ1) is 14.6. The Morgan fingerprint density at radius 2 is 1.87 bits per heavy atom. The maximum Gasteiger partial charge on any atom is 0.226 e. The first kappa shape index (κ1) is 21.3. The Morgan fingerprint density at radius 1 is 1.10 bits per heavy atom. The van der Waals surface area contributed by atoms with Crippen molar-refractivity contribution in [3.05, 3.63) is 75.2 Å². The number of likely N-dealkylation sites (tertiary alicyclic amines) is 1. The summed E-state index contributed by atoms with van der Waals surface area (Å²) in [5.74, 6) is 0.0443. The quantitative estimate of drug-likeness (QED) is 0.533. The van der Waals surface area contributed by atoms with Crippen molar-refractivity contribution in [2.75, 3.05) is 13.1 Å². The van der Waals surface area contributed by atoms with Crippen LogP contribution in [-0.4, -0.2) is 34.9 Å². The molecule has 0 saturated carbocycles. The van der Waals surface area contributed by atoms with Crippen molar-refractivity contribution in [1.82, 2.24) is 15.2 Å². The van der Waals surface area contributed by atoms with E-state index in [0.29, 0.717) is 16.5 Å². The lowest BCUT2D eigenvalue weighted by molar-refractivity contribution is -0.121. The topological polar surface area (TPSA) is 45.2 Å². The lowest BCUT2D eigenvalue weighted by atomic mass is 10.0. The highest BCUT2D eigenvalue weighted by atomic mass is 35.5. The summed E-state index contributed by atoms with van der Waals surface area (Å²) in [7, 11) is 0. The van der Waals surface area contributed by atoms with Crippen LogP contribution in [0.4, 0.5) is 0 Å². The number of hydrogen-bond acceptors (Lipinski definition) is 4. The van der Waals surface area contributed by atoms with Crippen molar-refractivity contribution in [3.63, 3.8) is 0 Å². The van der Waals surface area contributed by atoms with Crippen LogP contribution in [0.5, 0.6) is 0 Å². The number of aromatic nitrogens is 1. The van der Waals surface area contributed by atoms with E-state index in [1.165, 1.54) is 0 Å². The monoisotopic (exact) mass is 459 g/mol. The first-order valence-electron chi connectivity index (χ1n) is 10.0. The van der Waals surface area contributed by atoms with Gasteiger partial charge in [-0.15, -0.1) is 11.3 Å².